The number of rotatable bonds is 6. The fourth-order valence-corrected chi connectivity index (χ4v) is 3.63. The molecule has 0 saturated carbocycles. The largest absolute Gasteiger partial charge is 0.326 e. The van der Waals surface area contributed by atoms with Crippen molar-refractivity contribution in [3.05, 3.63) is 109 Å². The number of nitrogens with zero attached hydrogens (tertiary/aromatic N) is 5. The molecule has 7 nitrogen and oxygen atoms in total. The highest BCUT2D eigenvalue weighted by molar-refractivity contribution is 5.93. The second-order valence-corrected chi connectivity index (χ2v) is 7.41. The van der Waals surface area contributed by atoms with Crippen LogP contribution in [0.1, 0.15) is 5.69 Å². The van der Waals surface area contributed by atoms with Gasteiger partial charge in [0.1, 0.15) is 5.69 Å². The van der Waals surface area contributed by atoms with E-state index in [4.69, 9.17) is 0 Å². The zero-order chi connectivity index (χ0) is 22.5. The van der Waals surface area contributed by atoms with Crippen LogP contribution in [0.5, 0.6) is 0 Å². The monoisotopic (exact) mass is 432 g/mol. The fourth-order valence-electron chi connectivity index (χ4n) is 3.63. The summed E-state index contributed by atoms with van der Waals surface area (Å²) >= 11 is 0. The predicted molar refractivity (Wildman–Crippen MR) is 127 cm³/mol. The van der Waals surface area contributed by atoms with Gasteiger partial charge in [-0.3, -0.25) is 14.8 Å². The molecule has 33 heavy (non-hydrogen) atoms. The van der Waals surface area contributed by atoms with Crippen LogP contribution in [0, 0.1) is 0 Å². The van der Waals surface area contributed by atoms with Gasteiger partial charge in [0.2, 0.25) is 5.91 Å². The lowest BCUT2D eigenvalue weighted by molar-refractivity contribution is -0.115. The highest BCUT2D eigenvalue weighted by atomic mass is 16.1. The molecule has 0 aliphatic heterocycles. The maximum absolute atomic E-state index is 12.9. The van der Waals surface area contributed by atoms with Gasteiger partial charge in [-0.1, -0.05) is 47.7 Å². The fraction of sp³-hybridized carbons (Fsp3) is 0.0385. The Labute approximate surface area is 190 Å². The van der Waals surface area contributed by atoms with E-state index >= 15 is 0 Å². The van der Waals surface area contributed by atoms with E-state index in [-0.39, 0.29) is 12.3 Å². The number of hydrogen-bond donors (Lipinski definition) is 1. The maximum atomic E-state index is 12.9. The molecule has 160 valence electrons. The molecule has 5 aromatic rings. The van der Waals surface area contributed by atoms with E-state index in [1.807, 2.05) is 78.9 Å². The van der Waals surface area contributed by atoms with Crippen LogP contribution in [-0.4, -0.2) is 30.9 Å². The first-order valence-electron chi connectivity index (χ1n) is 10.5. The minimum atomic E-state index is -0.161. The molecule has 0 fully saturated rings. The number of benzene rings is 2. The van der Waals surface area contributed by atoms with Crippen LogP contribution >= 0.6 is 0 Å². The van der Waals surface area contributed by atoms with Crippen LogP contribution in [0.15, 0.2) is 104 Å². The summed E-state index contributed by atoms with van der Waals surface area (Å²) in [5.74, 6) is -0.161. The summed E-state index contributed by atoms with van der Waals surface area (Å²) in [6.45, 7) is 0. The minimum Gasteiger partial charge on any atom is -0.326 e. The molecule has 2 aromatic carbocycles. The zero-order valence-electron chi connectivity index (χ0n) is 17.7. The third kappa shape index (κ3) is 4.52. The maximum Gasteiger partial charge on any atom is 0.230 e. The van der Waals surface area contributed by atoms with Crippen molar-refractivity contribution in [2.45, 2.75) is 6.42 Å². The average molecular weight is 432 g/mol. The first-order chi connectivity index (χ1) is 16.3. The second-order valence-electron chi connectivity index (χ2n) is 7.41. The van der Waals surface area contributed by atoms with Crippen molar-refractivity contribution in [1.82, 2.24) is 25.0 Å². The van der Waals surface area contributed by atoms with Crippen molar-refractivity contribution in [3.63, 3.8) is 0 Å². The van der Waals surface area contributed by atoms with Gasteiger partial charge < -0.3 is 5.32 Å². The Morgan fingerprint density at radius 1 is 0.727 bits per heavy atom. The number of aromatic nitrogens is 5. The van der Waals surface area contributed by atoms with E-state index < -0.39 is 0 Å². The molecule has 0 aliphatic carbocycles. The van der Waals surface area contributed by atoms with Crippen molar-refractivity contribution in [2.24, 2.45) is 0 Å². The number of nitrogens with one attached hydrogen (secondary N) is 1. The molecular formula is C26H20N6O. The summed E-state index contributed by atoms with van der Waals surface area (Å²) in [6.07, 6.45) is 7.02. The molecule has 1 amide bonds. The topological polar surface area (TPSA) is 85.6 Å². The number of carbonyl (C=O) groups excluding carboxylic acids is 1. The predicted octanol–water partition coefficient (Wildman–Crippen LogP) is 4.57. The molecule has 0 aliphatic rings. The number of anilines is 1. The van der Waals surface area contributed by atoms with Gasteiger partial charge in [-0.05, 0) is 47.5 Å². The Morgan fingerprint density at radius 3 is 2.06 bits per heavy atom. The smallest absolute Gasteiger partial charge is 0.230 e. The van der Waals surface area contributed by atoms with Crippen molar-refractivity contribution in [2.75, 3.05) is 5.32 Å². The molecule has 7 heteroatoms. The summed E-state index contributed by atoms with van der Waals surface area (Å²) in [5, 5.41) is 11.6. The molecule has 3 heterocycles. The lowest BCUT2D eigenvalue weighted by Crippen LogP contribution is -2.15. The van der Waals surface area contributed by atoms with Crippen molar-refractivity contribution in [3.8, 4) is 28.1 Å². The van der Waals surface area contributed by atoms with Gasteiger partial charge >= 0.3 is 0 Å². The quantitative estimate of drug-likeness (QED) is 0.425. The van der Waals surface area contributed by atoms with Crippen LogP contribution < -0.4 is 5.32 Å². The van der Waals surface area contributed by atoms with E-state index in [1.54, 1.807) is 29.5 Å². The molecule has 0 unspecified atom stereocenters. The van der Waals surface area contributed by atoms with Gasteiger partial charge in [0.15, 0.2) is 0 Å². The molecule has 1 N–H and O–H groups in total. The number of pyridine rings is 2. The standard InChI is InChI=1S/C26H20N6O/c33-25(29-22-8-6-19(7-9-22)20-10-14-27-15-11-20)18-24-26(21-4-2-1-3-5-21)32(31-30-24)23-12-16-28-17-13-23/h1-17H,18H2,(H,29,33). The lowest BCUT2D eigenvalue weighted by atomic mass is 10.1. The van der Waals surface area contributed by atoms with Crippen molar-refractivity contribution in [1.29, 1.82) is 0 Å². The normalized spacial score (nSPS) is 10.7. The van der Waals surface area contributed by atoms with E-state index in [1.165, 1.54) is 0 Å². The zero-order valence-corrected chi connectivity index (χ0v) is 17.7. The van der Waals surface area contributed by atoms with E-state index in [0.29, 0.717) is 5.69 Å². The van der Waals surface area contributed by atoms with Crippen LogP contribution in [0.2, 0.25) is 0 Å². The van der Waals surface area contributed by atoms with E-state index in [2.05, 4.69) is 25.6 Å². The van der Waals surface area contributed by atoms with Crippen LogP contribution in [-0.2, 0) is 11.2 Å². The molecule has 5 rings (SSSR count). The Hall–Kier alpha value is -4.65. The SMILES string of the molecule is O=C(Cc1nnn(-c2ccncc2)c1-c1ccccc1)Nc1ccc(-c2ccncc2)cc1. The van der Waals surface area contributed by atoms with Gasteiger partial charge in [-0.2, -0.15) is 0 Å². The van der Waals surface area contributed by atoms with E-state index in [9.17, 15) is 4.79 Å². The molecule has 0 atom stereocenters. The number of hydrogen-bond acceptors (Lipinski definition) is 5. The highest BCUT2D eigenvalue weighted by Crippen LogP contribution is 2.26. The summed E-state index contributed by atoms with van der Waals surface area (Å²) in [6, 6.07) is 25.2. The molecule has 0 saturated heterocycles. The molecule has 0 spiro atoms. The Morgan fingerprint density at radius 2 is 1.36 bits per heavy atom. The van der Waals surface area contributed by atoms with Crippen molar-refractivity contribution < 1.29 is 4.79 Å². The van der Waals surface area contributed by atoms with Crippen LogP contribution in [0.3, 0.4) is 0 Å². The number of amides is 1. The molecule has 3 aromatic heterocycles. The van der Waals surface area contributed by atoms with E-state index in [0.717, 1.165) is 33.8 Å². The van der Waals surface area contributed by atoms with Crippen LogP contribution in [0.25, 0.3) is 28.1 Å². The van der Waals surface area contributed by atoms with Gasteiger partial charge in [-0.25, -0.2) is 4.68 Å². The second kappa shape index (κ2) is 9.23. The summed E-state index contributed by atoms with van der Waals surface area (Å²) in [7, 11) is 0. The highest BCUT2D eigenvalue weighted by Gasteiger charge is 2.19. The Bertz CT molecular complexity index is 1350. The van der Waals surface area contributed by atoms with Gasteiger partial charge in [-0.15, -0.1) is 5.10 Å². The summed E-state index contributed by atoms with van der Waals surface area (Å²) in [5.41, 5.74) is 6.00. The molecular weight excluding hydrogens is 412 g/mol. The molecule has 0 radical (unpaired) electrons. The summed E-state index contributed by atoms with van der Waals surface area (Å²) < 4.78 is 1.74. The first-order valence-corrected chi connectivity index (χ1v) is 10.5. The van der Waals surface area contributed by atoms with Gasteiger partial charge in [0, 0.05) is 36.0 Å². The average Bonchev–Trinajstić information content (AvgIpc) is 3.29. The van der Waals surface area contributed by atoms with Crippen molar-refractivity contribution >= 4 is 11.6 Å². The number of carbonyl (C=O) groups is 1. The molecule has 0 bridgehead atoms. The van der Waals surface area contributed by atoms with Gasteiger partial charge in [0.05, 0.1) is 17.8 Å². The third-order valence-corrected chi connectivity index (χ3v) is 5.20. The van der Waals surface area contributed by atoms with Crippen LogP contribution in [0.4, 0.5) is 5.69 Å². The Balaban J connectivity index is 1.38. The third-order valence-electron chi connectivity index (χ3n) is 5.20. The lowest BCUT2D eigenvalue weighted by Gasteiger charge is -2.09. The first kappa shape index (κ1) is 20.3. The minimum absolute atomic E-state index is 0.0986. The summed E-state index contributed by atoms with van der Waals surface area (Å²) in [4.78, 5) is 21.0. The van der Waals surface area contributed by atoms with Gasteiger partial charge in [0.25, 0.3) is 0 Å². The Kier molecular flexibility index (Phi) is 5.67.